The summed E-state index contributed by atoms with van der Waals surface area (Å²) < 4.78 is 0. The Kier molecular flexibility index (Phi) is 3.54. The monoisotopic (exact) mass is 255 g/mol. The van der Waals surface area contributed by atoms with Gasteiger partial charge in [0.05, 0.1) is 22.4 Å². The Labute approximate surface area is 104 Å². The molecule has 0 aliphatic carbocycles. The Hall–Kier alpha value is -1.26. The fourth-order valence-electron chi connectivity index (χ4n) is 2.00. The second kappa shape index (κ2) is 4.94. The first kappa shape index (κ1) is 12.2. The van der Waals surface area contributed by atoms with Crippen LogP contribution in [0.3, 0.4) is 0 Å². The van der Waals surface area contributed by atoms with Crippen LogP contribution in [0, 0.1) is 0 Å². The zero-order chi connectivity index (χ0) is 12.4. The first-order chi connectivity index (χ1) is 8.08. The number of hydrogen-bond acceptors (Lipinski definition) is 3. The van der Waals surface area contributed by atoms with E-state index in [1.165, 1.54) is 6.07 Å². The van der Waals surface area contributed by atoms with Gasteiger partial charge in [0.1, 0.15) is 0 Å². The number of halogens is 1. The average Bonchev–Trinajstić information content (AvgIpc) is 2.30. The van der Waals surface area contributed by atoms with Gasteiger partial charge in [-0.25, -0.2) is 4.79 Å². The summed E-state index contributed by atoms with van der Waals surface area (Å²) in [6, 6.07) is 4.74. The lowest BCUT2D eigenvalue weighted by molar-refractivity contribution is 0.0697. The van der Waals surface area contributed by atoms with Crippen molar-refractivity contribution in [1.29, 1.82) is 0 Å². The summed E-state index contributed by atoms with van der Waals surface area (Å²) in [5.41, 5.74) is 1.03. The van der Waals surface area contributed by atoms with E-state index in [-0.39, 0.29) is 11.7 Å². The van der Waals surface area contributed by atoms with Crippen molar-refractivity contribution in [2.24, 2.45) is 0 Å². The minimum Gasteiger partial charge on any atom is -0.478 e. The van der Waals surface area contributed by atoms with Crippen LogP contribution in [0.25, 0.3) is 0 Å². The normalized spacial score (nSPS) is 17.2. The molecule has 1 aliphatic rings. The number of hydrogen-bond donors (Lipinski definition) is 2. The third kappa shape index (κ3) is 2.70. The van der Waals surface area contributed by atoms with Gasteiger partial charge in [-0.3, -0.25) is 0 Å². The van der Waals surface area contributed by atoms with Crippen LogP contribution in [0.5, 0.6) is 0 Å². The molecule has 4 nitrogen and oxygen atoms in total. The number of carboxylic acids is 1. The number of nitrogens with zero attached hydrogens (tertiary/aromatic N) is 1. The van der Waals surface area contributed by atoms with Crippen LogP contribution in [0.1, 0.15) is 23.2 Å². The van der Waals surface area contributed by atoms with E-state index in [1.54, 1.807) is 12.1 Å². The van der Waals surface area contributed by atoms with Gasteiger partial charge in [0.15, 0.2) is 0 Å². The van der Waals surface area contributed by atoms with E-state index in [4.69, 9.17) is 16.7 Å². The molecule has 1 fully saturated rings. The molecule has 0 saturated carbocycles. The number of aliphatic hydroxyl groups excluding tert-OH is 1. The van der Waals surface area contributed by atoms with Gasteiger partial charge in [-0.05, 0) is 31.0 Å². The molecular weight excluding hydrogens is 242 g/mol. The molecule has 1 aromatic carbocycles. The summed E-state index contributed by atoms with van der Waals surface area (Å²) in [6.45, 7) is 1.49. The van der Waals surface area contributed by atoms with Crippen molar-refractivity contribution in [3.63, 3.8) is 0 Å². The van der Waals surface area contributed by atoms with Crippen molar-refractivity contribution in [2.45, 2.75) is 18.9 Å². The molecule has 0 radical (unpaired) electrons. The molecule has 1 saturated heterocycles. The molecule has 2 rings (SSSR count). The van der Waals surface area contributed by atoms with Crippen LogP contribution in [-0.2, 0) is 0 Å². The van der Waals surface area contributed by atoms with Gasteiger partial charge >= 0.3 is 5.97 Å². The quantitative estimate of drug-likeness (QED) is 0.849. The lowest BCUT2D eigenvalue weighted by Crippen LogP contribution is -2.35. The number of aromatic carboxylic acids is 1. The van der Waals surface area contributed by atoms with Crippen LogP contribution in [0.15, 0.2) is 18.2 Å². The molecular formula is C12H14ClNO3. The first-order valence-electron chi connectivity index (χ1n) is 5.54. The maximum Gasteiger partial charge on any atom is 0.335 e. The molecule has 17 heavy (non-hydrogen) atoms. The van der Waals surface area contributed by atoms with Crippen LogP contribution >= 0.6 is 11.6 Å². The van der Waals surface area contributed by atoms with Crippen molar-refractivity contribution in [1.82, 2.24) is 0 Å². The highest BCUT2D eigenvalue weighted by atomic mass is 35.5. The number of anilines is 1. The number of aliphatic hydroxyl groups is 1. The van der Waals surface area contributed by atoms with Gasteiger partial charge < -0.3 is 15.1 Å². The second-order valence-corrected chi connectivity index (χ2v) is 4.60. The Bertz CT molecular complexity index is 428. The van der Waals surface area contributed by atoms with Gasteiger partial charge in [0.2, 0.25) is 0 Å². The molecule has 1 aliphatic heterocycles. The molecule has 0 spiro atoms. The molecule has 2 N–H and O–H groups in total. The number of piperidine rings is 1. The molecule has 1 aromatic rings. The molecule has 0 aromatic heterocycles. The summed E-state index contributed by atoms with van der Waals surface area (Å²) in [6.07, 6.45) is 1.21. The summed E-state index contributed by atoms with van der Waals surface area (Å²) >= 11 is 6.08. The van der Waals surface area contributed by atoms with Gasteiger partial charge in [-0.2, -0.15) is 0 Å². The predicted molar refractivity (Wildman–Crippen MR) is 65.9 cm³/mol. The van der Waals surface area contributed by atoms with E-state index in [9.17, 15) is 9.90 Å². The van der Waals surface area contributed by atoms with E-state index in [0.717, 1.165) is 31.6 Å². The van der Waals surface area contributed by atoms with Crippen LogP contribution in [0.4, 0.5) is 5.69 Å². The second-order valence-electron chi connectivity index (χ2n) is 4.19. The lowest BCUT2D eigenvalue weighted by atomic mass is 10.1. The summed E-state index contributed by atoms with van der Waals surface area (Å²) in [7, 11) is 0. The van der Waals surface area contributed by atoms with Gasteiger partial charge in [0.25, 0.3) is 0 Å². The number of carboxylic acid groups (broad SMARTS) is 1. The van der Waals surface area contributed by atoms with Crippen LogP contribution in [-0.4, -0.2) is 35.4 Å². The smallest absolute Gasteiger partial charge is 0.335 e. The van der Waals surface area contributed by atoms with Crippen LogP contribution in [0.2, 0.25) is 5.02 Å². The van der Waals surface area contributed by atoms with Crippen molar-refractivity contribution in [3.05, 3.63) is 28.8 Å². The number of rotatable bonds is 2. The molecule has 92 valence electrons. The van der Waals surface area contributed by atoms with E-state index >= 15 is 0 Å². The Morgan fingerprint density at radius 1 is 1.35 bits per heavy atom. The van der Waals surface area contributed by atoms with Crippen LogP contribution < -0.4 is 4.90 Å². The molecule has 5 heteroatoms. The maximum absolute atomic E-state index is 10.8. The van der Waals surface area contributed by atoms with Gasteiger partial charge in [-0.15, -0.1) is 0 Å². The summed E-state index contributed by atoms with van der Waals surface area (Å²) in [5, 5.41) is 18.7. The Morgan fingerprint density at radius 2 is 2.00 bits per heavy atom. The highest BCUT2D eigenvalue weighted by Gasteiger charge is 2.19. The highest BCUT2D eigenvalue weighted by Crippen LogP contribution is 2.29. The van der Waals surface area contributed by atoms with E-state index in [2.05, 4.69) is 4.90 Å². The Morgan fingerprint density at radius 3 is 2.53 bits per heavy atom. The van der Waals surface area contributed by atoms with Crippen molar-refractivity contribution < 1.29 is 15.0 Å². The molecule has 0 unspecified atom stereocenters. The first-order valence-corrected chi connectivity index (χ1v) is 5.91. The van der Waals surface area contributed by atoms with E-state index in [1.807, 2.05) is 0 Å². The fraction of sp³-hybridized carbons (Fsp3) is 0.417. The zero-order valence-corrected chi connectivity index (χ0v) is 10.0. The van der Waals surface area contributed by atoms with E-state index < -0.39 is 5.97 Å². The minimum absolute atomic E-state index is 0.191. The van der Waals surface area contributed by atoms with Crippen molar-refractivity contribution >= 4 is 23.3 Å². The average molecular weight is 256 g/mol. The minimum atomic E-state index is -0.979. The molecule has 0 amide bonds. The largest absolute Gasteiger partial charge is 0.478 e. The molecule has 0 bridgehead atoms. The summed E-state index contributed by atoms with van der Waals surface area (Å²) in [4.78, 5) is 12.8. The predicted octanol–water partition coefficient (Wildman–Crippen LogP) is 2.00. The third-order valence-electron chi connectivity index (χ3n) is 3.00. The third-order valence-corrected chi connectivity index (χ3v) is 3.30. The van der Waals surface area contributed by atoms with Gasteiger partial charge in [-0.1, -0.05) is 11.6 Å². The topological polar surface area (TPSA) is 60.8 Å². The standard InChI is InChI=1S/C12H14ClNO3/c13-10-7-8(12(16)17)1-2-11(10)14-5-3-9(15)4-6-14/h1-2,7,9,15H,3-6H2,(H,16,17). The molecule has 0 atom stereocenters. The lowest BCUT2D eigenvalue weighted by Gasteiger charge is -2.32. The maximum atomic E-state index is 10.8. The van der Waals surface area contributed by atoms with Crippen molar-refractivity contribution in [3.8, 4) is 0 Å². The van der Waals surface area contributed by atoms with Gasteiger partial charge in [0, 0.05) is 13.1 Å². The highest BCUT2D eigenvalue weighted by molar-refractivity contribution is 6.33. The molecule has 1 heterocycles. The number of benzene rings is 1. The fourth-order valence-corrected chi connectivity index (χ4v) is 2.30. The SMILES string of the molecule is O=C(O)c1ccc(N2CCC(O)CC2)c(Cl)c1. The van der Waals surface area contributed by atoms with E-state index in [0.29, 0.717) is 5.02 Å². The van der Waals surface area contributed by atoms with Crippen molar-refractivity contribution in [2.75, 3.05) is 18.0 Å². The summed E-state index contributed by atoms with van der Waals surface area (Å²) in [5.74, 6) is -0.979. The zero-order valence-electron chi connectivity index (χ0n) is 9.27. The Balaban J connectivity index is 2.19. The number of carbonyl (C=O) groups is 1.